The second kappa shape index (κ2) is 14.1. The van der Waals surface area contributed by atoms with E-state index >= 15 is 0 Å². The van der Waals surface area contributed by atoms with Crippen molar-refractivity contribution in [1.82, 2.24) is 14.8 Å². The summed E-state index contributed by atoms with van der Waals surface area (Å²) in [5.74, 6) is -4.80. The van der Waals surface area contributed by atoms with Gasteiger partial charge in [-0.1, -0.05) is 6.07 Å². The summed E-state index contributed by atoms with van der Waals surface area (Å²) in [6, 6.07) is 4.49. The monoisotopic (exact) mass is 613 g/mol. The van der Waals surface area contributed by atoms with Crippen LogP contribution in [0.1, 0.15) is 78.4 Å². The van der Waals surface area contributed by atoms with Gasteiger partial charge in [-0.25, -0.2) is 4.79 Å². The molecule has 1 atom stereocenters. The van der Waals surface area contributed by atoms with Crippen molar-refractivity contribution in [3.63, 3.8) is 0 Å². The summed E-state index contributed by atoms with van der Waals surface area (Å²) in [4.78, 5) is 84.7. The van der Waals surface area contributed by atoms with Gasteiger partial charge in [0.1, 0.15) is 5.60 Å². The van der Waals surface area contributed by atoms with Gasteiger partial charge in [-0.05, 0) is 51.8 Å². The summed E-state index contributed by atoms with van der Waals surface area (Å²) < 4.78 is 15.4. The first-order valence-electron chi connectivity index (χ1n) is 14.2. The second-order valence-electron chi connectivity index (χ2n) is 11.2. The number of fused-ring (bicyclic) bond motifs is 1. The van der Waals surface area contributed by atoms with Crippen LogP contribution < -0.4 is 11.5 Å². The number of hydrogen-bond acceptors (Lipinski definition) is 10. The van der Waals surface area contributed by atoms with Crippen molar-refractivity contribution in [2.24, 2.45) is 11.5 Å². The molecule has 1 aromatic carbocycles. The summed E-state index contributed by atoms with van der Waals surface area (Å²) >= 11 is 0. The van der Waals surface area contributed by atoms with E-state index in [9.17, 15) is 28.8 Å². The van der Waals surface area contributed by atoms with E-state index in [1.165, 1.54) is 21.9 Å². The van der Waals surface area contributed by atoms with Crippen molar-refractivity contribution in [3.05, 3.63) is 40.6 Å². The quantitative estimate of drug-likeness (QED) is 0.293. The third kappa shape index (κ3) is 7.99. The number of benzene rings is 1. The number of aromatic nitrogens is 1. The number of amides is 4. The maximum Gasteiger partial charge on any atom is 0.409 e. The number of ether oxygens (including phenoxy) is 3. The first-order chi connectivity index (χ1) is 20.7. The van der Waals surface area contributed by atoms with Gasteiger partial charge in [-0.15, -0.1) is 0 Å². The lowest BCUT2D eigenvalue weighted by Crippen LogP contribution is -2.52. The average molecular weight is 614 g/mol. The van der Waals surface area contributed by atoms with Crippen LogP contribution >= 0.6 is 0 Å². The van der Waals surface area contributed by atoms with Gasteiger partial charge in [-0.2, -0.15) is 0 Å². The molecule has 1 saturated heterocycles. The molecule has 2 aromatic rings. The molecule has 14 nitrogen and oxygen atoms in total. The molecule has 1 fully saturated rings. The van der Waals surface area contributed by atoms with Crippen molar-refractivity contribution < 1.29 is 43.0 Å². The number of pyridine rings is 1. The number of carbonyl (C=O) groups is 6. The van der Waals surface area contributed by atoms with Crippen LogP contribution in [0.5, 0.6) is 0 Å². The molecule has 3 rings (SSSR count). The largest absolute Gasteiger partial charge is 0.469 e. The molecule has 1 aliphatic rings. The van der Waals surface area contributed by atoms with Gasteiger partial charge < -0.3 is 35.5 Å². The summed E-state index contributed by atoms with van der Waals surface area (Å²) in [5.41, 5.74) is 10.6. The van der Waals surface area contributed by atoms with E-state index in [0.717, 1.165) is 7.11 Å². The smallest absolute Gasteiger partial charge is 0.409 e. The second-order valence-corrected chi connectivity index (χ2v) is 11.2. The molecule has 0 saturated carbocycles. The fourth-order valence-electron chi connectivity index (χ4n) is 5.12. The molecular formula is C30H39N5O9. The highest BCUT2D eigenvalue weighted by atomic mass is 16.6. The van der Waals surface area contributed by atoms with Crippen molar-refractivity contribution in [2.45, 2.75) is 58.5 Å². The Labute approximate surface area is 254 Å². The third-order valence-corrected chi connectivity index (χ3v) is 7.01. The van der Waals surface area contributed by atoms with E-state index < -0.39 is 53.7 Å². The molecule has 0 bridgehead atoms. The van der Waals surface area contributed by atoms with E-state index in [0.29, 0.717) is 0 Å². The van der Waals surface area contributed by atoms with Crippen LogP contribution in [0.15, 0.2) is 18.2 Å². The van der Waals surface area contributed by atoms with E-state index in [-0.39, 0.29) is 78.9 Å². The standard InChI is InChI=1S/C30H39N5O9/c1-6-43-29(41)35-14-12-34(13-15-35)28(40)18(10-11-21(36)44-30(2,3)4)25-24(27(32)39)19(16-22(37)42-5)23-17(26(31)38)8-7-9-20(23)33-25/h7-9,18H,6,10-16H2,1-5H3,(H2,31,38)(H2,32,39). The molecule has 1 unspecified atom stereocenters. The number of carbonyl (C=O) groups excluding carboxylic acids is 6. The fraction of sp³-hybridized carbons (Fsp3) is 0.500. The Morgan fingerprint density at radius 2 is 1.59 bits per heavy atom. The lowest BCUT2D eigenvalue weighted by atomic mass is 9.87. The molecule has 2 heterocycles. The molecule has 4 N–H and O–H groups in total. The molecule has 4 amide bonds. The van der Waals surface area contributed by atoms with Crippen molar-refractivity contribution >= 4 is 46.7 Å². The molecule has 0 radical (unpaired) electrons. The van der Waals surface area contributed by atoms with E-state index in [1.807, 2.05) is 0 Å². The summed E-state index contributed by atoms with van der Waals surface area (Å²) in [6.45, 7) is 7.74. The molecule has 1 aliphatic heterocycles. The number of hydrogen-bond donors (Lipinski definition) is 2. The van der Waals surface area contributed by atoms with Crippen LogP contribution in [0.4, 0.5) is 4.79 Å². The van der Waals surface area contributed by atoms with Gasteiger partial charge in [0.05, 0.1) is 42.8 Å². The molecule has 44 heavy (non-hydrogen) atoms. The number of primary amides is 2. The van der Waals surface area contributed by atoms with E-state index in [1.54, 1.807) is 33.8 Å². The van der Waals surface area contributed by atoms with Crippen LogP contribution in [-0.2, 0) is 35.0 Å². The maximum absolute atomic E-state index is 14.2. The number of nitrogens with two attached hydrogens (primary N) is 2. The molecule has 238 valence electrons. The zero-order chi connectivity index (χ0) is 32.8. The highest BCUT2D eigenvalue weighted by Gasteiger charge is 2.36. The molecule has 0 spiro atoms. The van der Waals surface area contributed by atoms with Gasteiger partial charge in [0.2, 0.25) is 11.8 Å². The Morgan fingerprint density at radius 1 is 0.955 bits per heavy atom. The summed E-state index contributed by atoms with van der Waals surface area (Å²) in [6.07, 6.45) is -1.29. The first kappa shape index (κ1) is 33.7. The van der Waals surface area contributed by atoms with Crippen molar-refractivity contribution in [3.8, 4) is 0 Å². The van der Waals surface area contributed by atoms with Crippen LogP contribution in [-0.4, -0.2) is 96.0 Å². The van der Waals surface area contributed by atoms with Crippen LogP contribution in [0, 0.1) is 0 Å². The Hall–Kier alpha value is -4.75. The minimum Gasteiger partial charge on any atom is -0.469 e. The predicted octanol–water partition coefficient (Wildman–Crippen LogP) is 1.65. The van der Waals surface area contributed by atoms with Gasteiger partial charge in [-0.3, -0.25) is 29.0 Å². The highest BCUT2D eigenvalue weighted by Crippen LogP contribution is 2.34. The minimum absolute atomic E-state index is 0.00493. The Balaban J connectivity index is 2.18. The zero-order valence-electron chi connectivity index (χ0n) is 25.6. The predicted molar refractivity (Wildman–Crippen MR) is 157 cm³/mol. The third-order valence-electron chi connectivity index (χ3n) is 7.01. The van der Waals surface area contributed by atoms with Crippen molar-refractivity contribution in [1.29, 1.82) is 0 Å². The summed E-state index contributed by atoms with van der Waals surface area (Å²) in [5, 5.41) is 0.129. The Kier molecular flexibility index (Phi) is 10.9. The van der Waals surface area contributed by atoms with Crippen LogP contribution in [0.3, 0.4) is 0 Å². The first-order valence-corrected chi connectivity index (χ1v) is 14.2. The molecule has 0 aliphatic carbocycles. The number of nitrogens with zero attached hydrogens (tertiary/aromatic N) is 3. The van der Waals surface area contributed by atoms with E-state index in [2.05, 4.69) is 4.98 Å². The highest BCUT2D eigenvalue weighted by molar-refractivity contribution is 6.11. The maximum atomic E-state index is 14.2. The molecule has 14 heteroatoms. The Bertz CT molecular complexity index is 1460. The van der Waals surface area contributed by atoms with Crippen LogP contribution in [0.2, 0.25) is 0 Å². The average Bonchev–Trinajstić information content (AvgIpc) is 2.95. The normalized spacial score (nSPS) is 14.1. The van der Waals surface area contributed by atoms with Gasteiger partial charge in [0.15, 0.2) is 0 Å². The topological polar surface area (TPSA) is 202 Å². The lowest BCUT2D eigenvalue weighted by Gasteiger charge is -2.36. The van der Waals surface area contributed by atoms with E-state index in [4.69, 9.17) is 25.7 Å². The van der Waals surface area contributed by atoms with Gasteiger partial charge >= 0.3 is 18.0 Å². The SMILES string of the molecule is CCOC(=O)N1CCN(C(=O)C(CCC(=O)OC(C)(C)C)c2nc3cccc(C(N)=O)c3c(CC(=O)OC)c2C(N)=O)CC1. The zero-order valence-corrected chi connectivity index (χ0v) is 25.6. The number of piperazine rings is 1. The van der Waals surface area contributed by atoms with Crippen molar-refractivity contribution in [2.75, 3.05) is 39.9 Å². The van der Waals surface area contributed by atoms with Gasteiger partial charge in [0, 0.05) is 43.5 Å². The lowest BCUT2D eigenvalue weighted by molar-refractivity contribution is -0.155. The molecule has 1 aromatic heterocycles. The number of esters is 2. The fourth-order valence-corrected chi connectivity index (χ4v) is 5.12. The Morgan fingerprint density at radius 3 is 2.14 bits per heavy atom. The number of methoxy groups -OCH3 is 1. The number of rotatable bonds is 10. The van der Waals surface area contributed by atoms with Crippen LogP contribution in [0.25, 0.3) is 10.9 Å². The summed E-state index contributed by atoms with van der Waals surface area (Å²) in [7, 11) is 1.16. The molecular weight excluding hydrogens is 574 g/mol. The minimum atomic E-state index is -1.18. The van der Waals surface area contributed by atoms with Gasteiger partial charge in [0.25, 0.3) is 5.91 Å².